The summed E-state index contributed by atoms with van der Waals surface area (Å²) in [4.78, 5) is 0. The molecule has 0 aromatic heterocycles. The van der Waals surface area contributed by atoms with Crippen LogP contribution in [0.4, 0.5) is 0 Å². The van der Waals surface area contributed by atoms with Gasteiger partial charge in [-0.15, -0.1) is 0 Å². The molecule has 15 heavy (non-hydrogen) atoms. The maximum atomic E-state index is 9.90. The largest absolute Gasteiger partial charge is 0.387 e. The lowest BCUT2D eigenvalue weighted by molar-refractivity contribution is -0.0877. The molecule has 1 saturated heterocycles. The van der Waals surface area contributed by atoms with Crippen molar-refractivity contribution in [2.24, 2.45) is 0 Å². The van der Waals surface area contributed by atoms with Crippen LogP contribution in [0.15, 0.2) is 0 Å². The van der Waals surface area contributed by atoms with Crippen LogP contribution in [-0.4, -0.2) is 46.3 Å². The van der Waals surface area contributed by atoms with E-state index in [1.807, 2.05) is 20.8 Å². The van der Waals surface area contributed by atoms with Crippen LogP contribution in [0.2, 0.25) is 0 Å². The monoisotopic (exact) mass is 218 g/mol. The van der Waals surface area contributed by atoms with Crippen molar-refractivity contribution in [1.29, 1.82) is 0 Å². The zero-order valence-corrected chi connectivity index (χ0v) is 10.2. The SMILES string of the molecule is C[C@@H]1O[C@H](COC(C)(C)C)C(O)[C@]1(C)O. The maximum absolute atomic E-state index is 9.90. The molecule has 0 spiro atoms. The van der Waals surface area contributed by atoms with Gasteiger partial charge in [0.1, 0.15) is 17.8 Å². The summed E-state index contributed by atoms with van der Waals surface area (Å²) in [6.07, 6.45) is -1.72. The van der Waals surface area contributed by atoms with E-state index in [4.69, 9.17) is 9.47 Å². The van der Waals surface area contributed by atoms with Gasteiger partial charge in [-0.25, -0.2) is 0 Å². The van der Waals surface area contributed by atoms with Gasteiger partial charge in [0.2, 0.25) is 0 Å². The topological polar surface area (TPSA) is 58.9 Å². The van der Waals surface area contributed by atoms with Gasteiger partial charge in [0.05, 0.1) is 18.3 Å². The number of ether oxygens (including phenoxy) is 2. The molecule has 1 rings (SSSR count). The Balaban J connectivity index is 2.53. The lowest BCUT2D eigenvalue weighted by Crippen LogP contribution is -2.45. The summed E-state index contributed by atoms with van der Waals surface area (Å²) in [7, 11) is 0. The second-order valence-corrected chi connectivity index (χ2v) is 5.41. The molecular formula is C11H22O4. The van der Waals surface area contributed by atoms with E-state index >= 15 is 0 Å². The molecule has 4 heteroatoms. The summed E-state index contributed by atoms with van der Waals surface area (Å²) in [6, 6.07) is 0. The van der Waals surface area contributed by atoms with Crippen LogP contribution in [0.3, 0.4) is 0 Å². The molecule has 0 radical (unpaired) electrons. The zero-order chi connectivity index (χ0) is 11.9. The third kappa shape index (κ3) is 2.91. The van der Waals surface area contributed by atoms with E-state index in [-0.39, 0.29) is 11.7 Å². The quantitative estimate of drug-likeness (QED) is 0.716. The van der Waals surface area contributed by atoms with Crippen LogP contribution in [0, 0.1) is 0 Å². The molecule has 1 fully saturated rings. The Morgan fingerprint density at radius 1 is 1.40 bits per heavy atom. The first kappa shape index (κ1) is 12.9. The van der Waals surface area contributed by atoms with E-state index in [0.717, 1.165) is 0 Å². The van der Waals surface area contributed by atoms with Gasteiger partial charge in [-0.1, -0.05) is 0 Å². The fourth-order valence-electron chi connectivity index (χ4n) is 1.55. The van der Waals surface area contributed by atoms with Gasteiger partial charge in [-0.05, 0) is 34.6 Å². The second kappa shape index (κ2) is 4.01. The highest BCUT2D eigenvalue weighted by Crippen LogP contribution is 2.31. The van der Waals surface area contributed by atoms with Gasteiger partial charge in [-0.3, -0.25) is 0 Å². The third-order valence-corrected chi connectivity index (χ3v) is 2.83. The molecule has 1 heterocycles. The fourth-order valence-corrected chi connectivity index (χ4v) is 1.55. The molecule has 4 atom stereocenters. The van der Waals surface area contributed by atoms with Crippen LogP contribution in [0.1, 0.15) is 34.6 Å². The van der Waals surface area contributed by atoms with Crippen molar-refractivity contribution >= 4 is 0 Å². The van der Waals surface area contributed by atoms with E-state index in [9.17, 15) is 10.2 Å². The van der Waals surface area contributed by atoms with Crippen molar-refractivity contribution in [2.75, 3.05) is 6.61 Å². The van der Waals surface area contributed by atoms with Crippen LogP contribution >= 0.6 is 0 Å². The molecule has 0 aromatic carbocycles. The van der Waals surface area contributed by atoms with Crippen molar-refractivity contribution in [2.45, 2.75) is 64.1 Å². The minimum Gasteiger partial charge on any atom is -0.387 e. The number of hydrogen-bond donors (Lipinski definition) is 2. The number of hydrogen-bond acceptors (Lipinski definition) is 4. The molecule has 0 amide bonds. The van der Waals surface area contributed by atoms with E-state index < -0.39 is 17.8 Å². The Morgan fingerprint density at radius 2 is 1.93 bits per heavy atom. The molecular weight excluding hydrogens is 196 g/mol. The Kier molecular flexibility index (Phi) is 3.45. The Bertz CT molecular complexity index is 219. The third-order valence-electron chi connectivity index (χ3n) is 2.83. The molecule has 1 unspecified atom stereocenters. The van der Waals surface area contributed by atoms with Crippen molar-refractivity contribution < 1.29 is 19.7 Å². The molecule has 0 aliphatic carbocycles. The summed E-state index contributed by atoms with van der Waals surface area (Å²) in [5.41, 5.74) is -1.45. The standard InChI is InChI=1S/C11H22O4/c1-7-11(5,13)9(12)8(15-7)6-14-10(2,3)4/h7-9,12-13H,6H2,1-5H3/t7-,8+,9?,11+/m0/s1. The molecule has 2 N–H and O–H groups in total. The lowest BCUT2D eigenvalue weighted by atomic mass is 9.94. The van der Waals surface area contributed by atoms with Crippen molar-refractivity contribution in [3.63, 3.8) is 0 Å². The van der Waals surface area contributed by atoms with Gasteiger partial charge < -0.3 is 19.7 Å². The molecule has 0 saturated carbocycles. The molecule has 90 valence electrons. The average molecular weight is 218 g/mol. The molecule has 0 aromatic rings. The van der Waals surface area contributed by atoms with Crippen LogP contribution in [-0.2, 0) is 9.47 Å². The van der Waals surface area contributed by atoms with Gasteiger partial charge in [0.25, 0.3) is 0 Å². The molecule has 0 bridgehead atoms. The smallest absolute Gasteiger partial charge is 0.116 e. The maximum Gasteiger partial charge on any atom is 0.116 e. The van der Waals surface area contributed by atoms with Crippen molar-refractivity contribution in [1.82, 2.24) is 0 Å². The normalized spacial score (nSPS) is 42.2. The van der Waals surface area contributed by atoms with E-state index in [0.29, 0.717) is 6.61 Å². The van der Waals surface area contributed by atoms with E-state index in [1.54, 1.807) is 13.8 Å². The molecule has 1 aliphatic heterocycles. The Labute approximate surface area is 91.2 Å². The summed E-state index contributed by atoms with van der Waals surface area (Å²) >= 11 is 0. The summed E-state index contributed by atoms with van der Waals surface area (Å²) in [5.74, 6) is 0. The first-order chi connectivity index (χ1) is 6.64. The fraction of sp³-hybridized carbons (Fsp3) is 1.00. The van der Waals surface area contributed by atoms with Crippen molar-refractivity contribution in [3.8, 4) is 0 Å². The lowest BCUT2D eigenvalue weighted by Gasteiger charge is -2.26. The minimum atomic E-state index is -1.19. The van der Waals surface area contributed by atoms with E-state index in [1.165, 1.54) is 0 Å². The highest BCUT2D eigenvalue weighted by Gasteiger charge is 2.49. The highest BCUT2D eigenvalue weighted by atomic mass is 16.6. The summed E-state index contributed by atoms with van der Waals surface area (Å²) < 4.78 is 11.0. The summed E-state index contributed by atoms with van der Waals surface area (Å²) in [6.45, 7) is 9.45. The zero-order valence-electron chi connectivity index (χ0n) is 10.2. The predicted octanol–water partition coefficient (Wildman–Crippen LogP) is 0.701. The van der Waals surface area contributed by atoms with Crippen LogP contribution in [0.25, 0.3) is 0 Å². The first-order valence-electron chi connectivity index (χ1n) is 5.34. The van der Waals surface area contributed by atoms with E-state index in [2.05, 4.69) is 0 Å². The Morgan fingerprint density at radius 3 is 2.27 bits per heavy atom. The number of rotatable bonds is 2. The predicted molar refractivity (Wildman–Crippen MR) is 56.7 cm³/mol. The summed E-state index contributed by atoms with van der Waals surface area (Å²) in [5, 5.41) is 19.7. The molecule has 4 nitrogen and oxygen atoms in total. The molecule has 1 aliphatic rings. The van der Waals surface area contributed by atoms with Crippen molar-refractivity contribution in [3.05, 3.63) is 0 Å². The average Bonchev–Trinajstić information content (AvgIpc) is 2.25. The second-order valence-electron chi connectivity index (χ2n) is 5.41. The highest BCUT2D eigenvalue weighted by molar-refractivity contribution is 4.98. The number of aliphatic hydroxyl groups is 2. The van der Waals surface area contributed by atoms with Gasteiger partial charge >= 0.3 is 0 Å². The van der Waals surface area contributed by atoms with Gasteiger partial charge in [0.15, 0.2) is 0 Å². The number of aliphatic hydroxyl groups excluding tert-OH is 1. The van der Waals surface area contributed by atoms with Crippen LogP contribution in [0.5, 0.6) is 0 Å². The van der Waals surface area contributed by atoms with Gasteiger partial charge in [0, 0.05) is 0 Å². The Hall–Kier alpha value is -0.160. The minimum absolute atomic E-state index is 0.263. The van der Waals surface area contributed by atoms with Crippen LogP contribution < -0.4 is 0 Å². The van der Waals surface area contributed by atoms with Gasteiger partial charge in [-0.2, -0.15) is 0 Å². The first-order valence-corrected chi connectivity index (χ1v) is 5.34.